The minimum Gasteiger partial charge on any atom is -0.466 e. The molecule has 0 aliphatic heterocycles. The van der Waals surface area contributed by atoms with Crippen LogP contribution in [-0.2, 0) is 14.3 Å². The van der Waals surface area contributed by atoms with Crippen LogP contribution in [0.3, 0.4) is 0 Å². The predicted molar refractivity (Wildman–Crippen MR) is 65.4 cm³/mol. The molecule has 0 aromatic carbocycles. The van der Waals surface area contributed by atoms with Crippen molar-refractivity contribution in [1.29, 1.82) is 0 Å². The zero-order valence-corrected chi connectivity index (χ0v) is 10.8. The van der Waals surface area contributed by atoms with Crippen molar-refractivity contribution in [3.63, 3.8) is 0 Å². The SMILES string of the molecule is CCOC(=O)CCC(=O)NC1CCCCC1C. The van der Waals surface area contributed by atoms with Gasteiger partial charge in [0.15, 0.2) is 0 Å². The van der Waals surface area contributed by atoms with Crippen molar-refractivity contribution in [1.82, 2.24) is 5.32 Å². The second-order valence-corrected chi connectivity index (χ2v) is 4.74. The number of rotatable bonds is 5. The number of carbonyl (C=O) groups excluding carboxylic acids is 2. The first-order valence-corrected chi connectivity index (χ1v) is 6.58. The summed E-state index contributed by atoms with van der Waals surface area (Å²) >= 11 is 0. The first-order chi connectivity index (χ1) is 8.13. The normalized spacial score (nSPS) is 24.1. The van der Waals surface area contributed by atoms with Gasteiger partial charge < -0.3 is 10.1 Å². The first kappa shape index (κ1) is 14.0. The molecule has 0 heterocycles. The smallest absolute Gasteiger partial charge is 0.306 e. The number of hydrogen-bond acceptors (Lipinski definition) is 3. The monoisotopic (exact) mass is 241 g/mol. The molecule has 4 nitrogen and oxygen atoms in total. The van der Waals surface area contributed by atoms with Crippen molar-refractivity contribution >= 4 is 11.9 Å². The fraction of sp³-hybridized carbons (Fsp3) is 0.846. The van der Waals surface area contributed by atoms with Gasteiger partial charge in [0.25, 0.3) is 0 Å². The van der Waals surface area contributed by atoms with Crippen molar-refractivity contribution in [2.75, 3.05) is 6.61 Å². The van der Waals surface area contributed by atoms with E-state index in [2.05, 4.69) is 12.2 Å². The average Bonchev–Trinajstić information content (AvgIpc) is 2.30. The van der Waals surface area contributed by atoms with Gasteiger partial charge in [-0.2, -0.15) is 0 Å². The molecule has 2 atom stereocenters. The minimum absolute atomic E-state index is 0.0307. The fourth-order valence-electron chi connectivity index (χ4n) is 2.26. The maximum atomic E-state index is 11.6. The minimum atomic E-state index is -0.292. The molecule has 0 radical (unpaired) electrons. The van der Waals surface area contributed by atoms with E-state index in [1.54, 1.807) is 6.92 Å². The van der Waals surface area contributed by atoms with Gasteiger partial charge in [0.05, 0.1) is 13.0 Å². The molecular weight excluding hydrogens is 218 g/mol. The topological polar surface area (TPSA) is 55.4 Å². The Morgan fingerprint density at radius 3 is 2.59 bits per heavy atom. The Hall–Kier alpha value is -1.06. The zero-order chi connectivity index (χ0) is 12.7. The van der Waals surface area contributed by atoms with Gasteiger partial charge in [-0.25, -0.2) is 0 Å². The van der Waals surface area contributed by atoms with Crippen LogP contribution in [0.5, 0.6) is 0 Å². The summed E-state index contributed by atoms with van der Waals surface area (Å²) in [7, 11) is 0. The predicted octanol–water partition coefficient (Wildman–Crippen LogP) is 2.02. The molecule has 1 rings (SSSR count). The number of ether oxygens (including phenoxy) is 1. The Morgan fingerprint density at radius 2 is 1.94 bits per heavy atom. The molecule has 1 N–H and O–H groups in total. The molecule has 98 valence electrons. The van der Waals surface area contributed by atoms with E-state index in [1.165, 1.54) is 19.3 Å². The van der Waals surface area contributed by atoms with Crippen molar-refractivity contribution in [3.8, 4) is 0 Å². The van der Waals surface area contributed by atoms with Crippen molar-refractivity contribution < 1.29 is 14.3 Å². The van der Waals surface area contributed by atoms with E-state index < -0.39 is 0 Å². The molecule has 0 bridgehead atoms. The number of amides is 1. The van der Waals surface area contributed by atoms with E-state index in [9.17, 15) is 9.59 Å². The third-order valence-electron chi connectivity index (χ3n) is 3.32. The lowest BCUT2D eigenvalue weighted by molar-refractivity contribution is -0.144. The lowest BCUT2D eigenvalue weighted by Gasteiger charge is -2.29. The van der Waals surface area contributed by atoms with E-state index in [4.69, 9.17) is 4.74 Å². The lowest BCUT2D eigenvalue weighted by Crippen LogP contribution is -2.41. The highest BCUT2D eigenvalue weighted by Crippen LogP contribution is 2.23. The molecule has 0 spiro atoms. The third-order valence-corrected chi connectivity index (χ3v) is 3.32. The maximum Gasteiger partial charge on any atom is 0.306 e. The number of carbonyl (C=O) groups is 2. The van der Waals surface area contributed by atoms with Crippen molar-refractivity contribution in [2.45, 2.75) is 58.4 Å². The van der Waals surface area contributed by atoms with E-state index in [1.807, 2.05) is 0 Å². The summed E-state index contributed by atoms with van der Waals surface area (Å²) in [6.07, 6.45) is 5.11. The molecular formula is C13H23NO3. The van der Waals surface area contributed by atoms with Gasteiger partial charge in [0, 0.05) is 12.5 Å². The highest BCUT2D eigenvalue weighted by molar-refractivity contribution is 5.81. The van der Waals surface area contributed by atoms with Gasteiger partial charge in [-0.15, -0.1) is 0 Å². The van der Waals surface area contributed by atoms with Gasteiger partial charge in [0.1, 0.15) is 0 Å². The van der Waals surface area contributed by atoms with Crippen LogP contribution in [0.1, 0.15) is 52.4 Å². The van der Waals surface area contributed by atoms with Crippen molar-refractivity contribution in [3.05, 3.63) is 0 Å². The quantitative estimate of drug-likeness (QED) is 0.749. The summed E-state index contributed by atoms with van der Waals surface area (Å²) in [6.45, 7) is 4.32. The highest BCUT2D eigenvalue weighted by Gasteiger charge is 2.22. The van der Waals surface area contributed by atoms with Gasteiger partial charge in [-0.1, -0.05) is 19.8 Å². The summed E-state index contributed by atoms with van der Waals surface area (Å²) in [5, 5.41) is 3.02. The molecule has 1 saturated carbocycles. The van der Waals surface area contributed by atoms with Crippen LogP contribution in [0.2, 0.25) is 0 Å². The fourth-order valence-corrected chi connectivity index (χ4v) is 2.26. The van der Waals surface area contributed by atoms with Gasteiger partial charge >= 0.3 is 5.97 Å². The number of hydrogen-bond donors (Lipinski definition) is 1. The second kappa shape index (κ2) is 7.30. The number of nitrogens with one attached hydrogen (secondary N) is 1. The van der Waals surface area contributed by atoms with E-state index in [0.717, 1.165) is 6.42 Å². The molecule has 4 heteroatoms. The molecule has 0 saturated heterocycles. The molecule has 1 fully saturated rings. The van der Waals surface area contributed by atoms with Gasteiger partial charge in [-0.3, -0.25) is 9.59 Å². The van der Waals surface area contributed by atoms with Crippen LogP contribution in [0.15, 0.2) is 0 Å². The maximum absolute atomic E-state index is 11.6. The Balaban J connectivity index is 2.22. The largest absolute Gasteiger partial charge is 0.466 e. The molecule has 2 unspecified atom stereocenters. The second-order valence-electron chi connectivity index (χ2n) is 4.74. The third kappa shape index (κ3) is 5.20. The summed E-state index contributed by atoms with van der Waals surface area (Å²) in [5.74, 6) is 0.228. The van der Waals surface area contributed by atoms with Crippen LogP contribution < -0.4 is 5.32 Å². The van der Waals surface area contributed by atoms with Crippen LogP contribution in [0, 0.1) is 5.92 Å². The summed E-state index contributed by atoms with van der Waals surface area (Å²) in [5.41, 5.74) is 0. The molecule has 0 aromatic heterocycles. The van der Waals surface area contributed by atoms with Crippen LogP contribution >= 0.6 is 0 Å². The first-order valence-electron chi connectivity index (χ1n) is 6.58. The van der Waals surface area contributed by atoms with E-state index in [0.29, 0.717) is 18.6 Å². The molecule has 0 aromatic rings. The zero-order valence-electron chi connectivity index (χ0n) is 10.8. The summed E-state index contributed by atoms with van der Waals surface area (Å²) in [4.78, 5) is 22.7. The Kier molecular flexibility index (Phi) is 6.01. The highest BCUT2D eigenvalue weighted by atomic mass is 16.5. The Bertz CT molecular complexity index is 265. The molecule has 1 amide bonds. The van der Waals surface area contributed by atoms with Gasteiger partial charge in [0.2, 0.25) is 5.91 Å². The molecule has 17 heavy (non-hydrogen) atoms. The standard InChI is InChI=1S/C13H23NO3/c1-3-17-13(16)9-8-12(15)14-11-7-5-4-6-10(11)2/h10-11H,3-9H2,1-2H3,(H,14,15). The average molecular weight is 241 g/mol. The van der Waals surface area contributed by atoms with E-state index >= 15 is 0 Å². The van der Waals surface area contributed by atoms with E-state index in [-0.39, 0.29) is 24.7 Å². The molecule has 1 aliphatic rings. The van der Waals surface area contributed by atoms with Gasteiger partial charge in [-0.05, 0) is 25.7 Å². The number of esters is 1. The van der Waals surface area contributed by atoms with Crippen molar-refractivity contribution in [2.24, 2.45) is 5.92 Å². The van der Waals surface area contributed by atoms with Crippen LogP contribution in [0.25, 0.3) is 0 Å². The molecule has 1 aliphatic carbocycles. The summed E-state index contributed by atoms with van der Waals surface area (Å²) < 4.78 is 4.78. The van der Waals surface area contributed by atoms with Crippen LogP contribution in [-0.4, -0.2) is 24.5 Å². The Morgan fingerprint density at radius 1 is 1.24 bits per heavy atom. The lowest BCUT2D eigenvalue weighted by atomic mass is 9.86. The summed E-state index contributed by atoms with van der Waals surface area (Å²) in [6, 6.07) is 0.290. The Labute approximate surface area is 103 Å². The van der Waals surface area contributed by atoms with Crippen LogP contribution in [0.4, 0.5) is 0 Å².